The molecule has 1 amide bonds. The van der Waals surface area contributed by atoms with Gasteiger partial charge in [-0.1, -0.05) is 29.8 Å². The number of anilines is 1. The van der Waals surface area contributed by atoms with E-state index < -0.39 is 17.6 Å². The first-order valence-electron chi connectivity index (χ1n) is 8.41. The SMILES string of the molecule is O=C(Nc1cccnc1Cl)c1cccc2[nH]c(-c3cccc(C(F)(F)F)c3)nc12. The Kier molecular flexibility index (Phi) is 4.71. The highest BCUT2D eigenvalue weighted by atomic mass is 35.5. The molecule has 4 rings (SSSR count). The van der Waals surface area contributed by atoms with Crippen molar-refractivity contribution in [1.29, 1.82) is 0 Å². The summed E-state index contributed by atoms with van der Waals surface area (Å²) in [5.41, 5.74) is 0.916. The zero-order valence-electron chi connectivity index (χ0n) is 14.6. The molecule has 2 aromatic carbocycles. The van der Waals surface area contributed by atoms with Gasteiger partial charge in [-0.2, -0.15) is 13.2 Å². The maximum absolute atomic E-state index is 13.0. The first-order chi connectivity index (χ1) is 13.8. The number of carbonyl (C=O) groups excluding carboxylic acids is 1. The zero-order valence-corrected chi connectivity index (χ0v) is 15.3. The Morgan fingerprint density at radius 3 is 2.62 bits per heavy atom. The van der Waals surface area contributed by atoms with Gasteiger partial charge in [0.25, 0.3) is 5.91 Å². The van der Waals surface area contributed by atoms with E-state index in [9.17, 15) is 18.0 Å². The number of para-hydroxylation sites is 1. The van der Waals surface area contributed by atoms with Crippen LogP contribution >= 0.6 is 11.6 Å². The molecule has 0 saturated heterocycles. The van der Waals surface area contributed by atoms with Gasteiger partial charge in [0.2, 0.25) is 0 Å². The summed E-state index contributed by atoms with van der Waals surface area (Å²) in [5, 5.41) is 2.80. The molecule has 146 valence electrons. The summed E-state index contributed by atoms with van der Waals surface area (Å²) in [5.74, 6) is -0.238. The average molecular weight is 417 g/mol. The Bertz CT molecular complexity index is 1220. The summed E-state index contributed by atoms with van der Waals surface area (Å²) in [6, 6.07) is 13.0. The number of hydrogen-bond donors (Lipinski definition) is 2. The number of hydrogen-bond acceptors (Lipinski definition) is 3. The molecule has 0 unspecified atom stereocenters. The van der Waals surface area contributed by atoms with Gasteiger partial charge in [0, 0.05) is 11.8 Å². The van der Waals surface area contributed by atoms with Gasteiger partial charge in [0.05, 0.1) is 22.3 Å². The molecule has 0 aliphatic heterocycles. The number of aromatic nitrogens is 3. The predicted molar refractivity (Wildman–Crippen MR) is 104 cm³/mol. The summed E-state index contributed by atoms with van der Waals surface area (Å²) in [6.07, 6.45) is -2.97. The quantitative estimate of drug-likeness (QED) is 0.430. The van der Waals surface area contributed by atoms with Crippen molar-refractivity contribution in [2.75, 3.05) is 5.32 Å². The Labute approximate surface area is 167 Å². The molecule has 0 fully saturated rings. The van der Waals surface area contributed by atoms with Crippen LogP contribution in [0, 0.1) is 0 Å². The largest absolute Gasteiger partial charge is 0.416 e. The van der Waals surface area contributed by atoms with Crippen LogP contribution in [0.1, 0.15) is 15.9 Å². The minimum Gasteiger partial charge on any atom is -0.338 e. The Balaban J connectivity index is 1.73. The lowest BCUT2D eigenvalue weighted by Gasteiger charge is -2.07. The van der Waals surface area contributed by atoms with Crippen molar-refractivity contribution in [2.24, 2.45) is 0 Å². The third-order valence-electron chi connectivity index (χ3n) is 4.23. The van der Waals surface area contributed by atoms with E-state index in [1.54, 1.807) is 30.3 Å². The van der Waals surface area contributed by atoms with Crippen molar-refractivity contribution in [3.63, 3.8) is 0 Å². The van der Waals surface area contributed by atoms with Crippen LogP contribution in [0.15, 0.2) is 60.8 Å². The normalized spacial score (nSPS) is 11.6. The van der Waals surface area contributed by atoms with E-state index in [2.05, 4.69) is 20.3 Å². The molecule has 0 atom stereocenters. The second-order valence-corrected chi connectivity index (χ2v) is 6.52. The molecule has 2 heterocycles. The lowest BCUT2D eigenvalue weighted by atomic mass is 10.1. The summed E-state index contributed by atoms with van der Waals surface area (Å²) >= 11 is 5.97. The molecule has 4 aromatic rings. The zero-order chi connectivity index (χ0) is 20.6. The Morgan fingerprint density at radius 1 is 1.07 bits per heavy atom. The van der Waals surface area contributed by atoms with Crippen LogP contribution in [-0.2, 0) is 6.18 Å². The van der Waals surface area contributed by atoms with Crippen molar-refractivity contribution in [2.45, 2.75) is 6.18 Å². The number of amides is 1. The summed E-state index contributed by atoms with van der Waals surface area (Å²) in [7, 11) is 0. The molecule has 9 heteroatoms. The van der Waals surface area contributed by atoms with Crippen LogP contribution in [0.3, 0.4) is 0 Å². The fraction of sp³-hybridized carbons (Fsp3) is 0.0500. The second-order valence-electron chi connectivity index (χ2n) is 6.16. The monoisotopic (exact) mass is 416 g/mol. The highest BCUT2D eigenvalue weighted by Gasteiger charge is 2.30. The van der Waals surface area contributed by atoms with Crippen LogP contribution in [0.2, 0.25) is 5.15 Å². The number of benzene rings is 2. The number of imidazole rings is 1. The number of halogens is 4. The predicted octanol–water partition coefficient (Wildman–Crippen LogP) is 5.55. The van der Waals surface area contributed by atoms with Gasteiger partial charge in [-0.25, -0.2) is 9.97 Å². The summed E-state index contributed by atoms with van der Waals surface area (Å²) < 4.78 is 39.0. The fourth-order valence-corrected chi connectivity index (χ4v) is 3.03. The Morgan fingerprint density at radius 2 is 1.86 bits per heavy atom. The molecular formula is C20H12ClF3N4O. The van der Waals surface area contributed by atoms with Crippen molar-refractivity contribution in [3.05, 3.63) is 77.1 Å². The first-order valence-corrected chi connectivity index (χ1v) is 8.79. The molecule has 2 N–H and O–H groups in total. The van der Waals surface area contributed by atoms with Crippen molar-refractivity contribution in [1.82, 2.24) is 15.0 Å². The number of nitrogens with zero attached hydrogens (tertiary/aromatic N) is 2. The lowest BCUT2D eigenvalue weighted by molar-refractivity contribution is -0.137. The number of nitrogens with one attached hydrogen (secondary N) is 2. The summed E-state index contributed by atoms with van der Waals surface area (Å²) in [4.78, 5) is 23.9. The third kappa shape index (κ3) is 3.79. The van der Waals surface area contributed by atoms with E-state index in [-0.39, 0.29) is 22.1 Å². The molecule has 2 aromatic heterocycles. The van der Waals surface area contributed by atoms with Crippen LogP contribution in [0.4, 0.5) is 18.9 Å². The molecule has 0 aliphatic carbocycles. The smallest absolute Gasteiger partial charge is 0.338 e. The second kappa shape index (κ2) is 7.21. The van der Waals surface area contributed by atoms with E-state index in [1.165, 1.54) is 18.3 Å². The van der Waals surface area contributed by atoms with Gasteiger partial charge >= 0.3 is 6.18 Å². The van der Waals surface area contributed by atoms with Gasteiger partial charge in [0.1, 0.15) is 11.3 Å². The molecular weight excluding hydrogens is 405 g/mol. The van der Waals surface area contributed by atoms with Crippen molar-refractivity contribution >= 4 is 34.2 Å². The number of H-pyrrole nitrogens is 1. The van der Waals surface area contributed by atoms with Gasteiger partial charge in [-0.3, -0.25) is 4.79 Å². The third-order valence-corrected chi connectivity index (χ3v) is 4.53. The number of fused-ring (bicyclic) bond motifs is 1. The van der Waals surface area contributed by atoms with Gasteiger partial charge in [-0.15, -0.1) is 0 Å². The van der Waals surface area contributed by atoms with Gasteiger partial charge in [-0.05, 0) is 36.4 Å². The molecule has 0 radical (unpaired) electrons. The first kappa shape index (κ1) is 18.9. The fourth-order valence-electron chi connectivity index (χ4n) is 2.86. The van der Waals surface area contributed by atoms with Crippen LogP contribution < -0.4 is 5.32 Å². The number of rotatable bonds is 3. The number of carbonyl (C=O) groups is 1. The molecule has 29 heavy (non-hydrogen) atoms. The lowest BCUT2D eigenvalue weighted by Crippen LogP contribution is -2.13. The van der Waals surface area contributed by atoms with E-state index in [4.69, 9.17) is 11.6 Å². The molecule has 0 bridgehead atoms. The van der Waals surface area contributed by atoms with E-state index in [1.807, 2.05) is 0 Å². The van der Waals surface area contributed by atoms with Crippen molar-refractivity contribution in [3.8, 4) is 11.4 Å². The number of aromatic amines is 1. The topological polar surface area (TPSA) is 70.7 Å². The van der Waals surface area contributed by atoms with E-state index in [0.717, 1.165) is 12.1 Å². The Hall–Kier alpha value is -3.39. The summed E-state index contributed by atoms with van der Waals surface area (Å²) in [6.45, 7) is 0. The maximum Gasteiger partial charge on any atom is 0.416 e. The molecule has 0 aliphatic rings. The van der Waals surface area contributed by atoms with Crippen molar-refractivity contribution < 1.29 is 18.0 Å². The number of pyridine rings is 1. The molecule has 5 nitrogen and oxygen atoms in total. The number of alkyl halides is 3. The van der Waals surface area contributed by atoms with Crippen LogP contribution in [-0.4, -0.2) is 20.9 Å². The van der Waals surface area contributed by atoms with Gasteiger partial charge in [0.15, 0.2) is 5.15 Å². The molecule has 0 spiro atoms. The highest BCUT2D eigenvalue weighted by Crippen LogP contribution is 2.32. The average Bonchev–Trinajstić information content (AvgIpc) is 3.13. The van der Waals surface area contributed by atoms with Crippen LogP contribution in [0.5, 0.6) is 0 Å². The standard InChI is InChI=1S/C20H12ClF3N4O/c21-17-15(8-3-9-25-17)27-19(29)13-6-2-7-14-16(13)28-18(26-14)11-4-1-5-12(10-11)20(22,23)24/h1-10H,(H,26,28)(H,27,29). The minimum atomic E-state index is -4.46. The van der Waals surface area contributed by atoms with E-state index >= 15 is 0 Å². The maximum atomic E-state index is 13.0. The van der Waals surface area contributed by atoms with Crippen LogP contribution in [0.25, 0.3) is 22.4 Å². The minimum absolute atomic E-state index is 0.139. The van der Waals surface area contributed by atoms with E-state index in [0.29, 0.717) is 16.7 Å². The highest BCUT2D eigenvalue weighted by molar-refractivity contribution is 6.32. The van der Waals surface area contributed by atoms with Gasteiger partial charge < -0.3 is 10.3 Å². The molecule has 0 saturated carbocycles.